The summed E-state index contributed by atoms with van der Waals surface area (Å²) < 4.78 is 26.5. The first-order chi connectivity index (χ1) is 9.41. The number of carbonyl (C=O) groups is 1. The van der Waals surface area contributed by atoms with Crippen molar-refractivity contribution in [2.75, 3.05) is 28.0 Å². The number of nitrogens with zero attached hydrogens (tertiary/aromatic N) is 2. The lowest BCUT2D eigenvalue weighted by atomic mass is 9.85. The van der Waals surface area contributed by atoms with Crippen LogP contribution in [0.3, 0.4) is 0 Å². The molecule has 0 bridgehead atoms. The van der Waals surface area contributed by atoms with Crippen molar-refractivity contribution in [2.45, 2.75) is 19.3 Å². The molecule has 0 atom stereocenters. The van der Waals surface area contributed by atoms with Gasteiger partial charge in [-0.15, -0.1) is 0 Å². The van der Waals surface area contributed by atoms with E-state index < -0.39 is 10.2 Å². The minimum atomic E-state index is -3.46. The molecule has 0 aromatic heterocycles. The lowest BCUT2D eigenvalue weighted by Crippen LogP contribution is -2.32. The van der Waals surface area contributed by atoms with Gasteiger partial charge in [0.2, 0.25) is 5.91 Å². The Kier molecular flexibility index (Phi) is 2.89. The third-order valence-electron chi connectivity index (χ3n) is 4.09. The Morgan fingerprint density at radius 2 is 1.85 bits per heavy atom. The molecule has 20 heavy (non-hydrogen) atoms. The van der Waals surface area contributed by atoms with E-state index in [-0.39, 0.29) is 11.8 Å². The van der Waals surface area contributed by atoms with Crippen molar-refractivity contribution < 1.29 is 13.2 Å². The summed E-state index contributed by atoms with van der Waals surface area (Å²) in [5.74, 6) is 0.125. The van der Waals surface area contributed by atoms with Crippen LogP contribution in [-0.4, -0.2) is 28.4 Å². The highest BCUT2D eigenvalue weighted by molar-refractivity contribution is 7.94. The molecular formula is C13H17N3O3S. The molecule has 6 nitrogen and oxygen atoms in total. The molecule has 1 saturated carbocycles. The van der Waals surface area contributed by atoms with E-state index >= 15 is 0 Å². The molecule has 1 aliphatic heterocycles. The average Bonchev–Trinajstić information content (AvgIpc) is 2.49. The van der Waals surface area contributed by atoms with E-state index in [4.69, 9.17) is 0 Å². The van der Waals surface area contributed by atoms with E-state index in [0.717, 1.165) is 19.3 Å². The molecule has 1 amide bonds. The number of anilines is 3. The first-order valence-corrected chi connectivity index (χ1v) is 7.98. The number of rotatable bonds is 2. The molecule has 1 aliphatic carbocycles. The first-order valence-electron chi connectivity index (χ1n) is 6.59. The Morgan fingerprint density at radius 3 is 2.45 bits per heavy atom. The number of benzene rings is 1. The summed E-state index contributed by atoms with van der Waals surface area (Å²) >= 11 is 0. The number of carbonyl (C=O) groups excluding carboxylic acids is 1. The van der Waals surface area contributed by atoms with Gasteiger partial charge in [-0.3, -0.25) is 13.4 Å². The van der Waals surface area contributed by atoms with Crippen LogP contribution in [0, 0.1) is 5.92 Å². The summed E-state index contributed by atoms with van der Waals surface area (Å²) in [7, 11) is -0.437. The van der Waals surface area contributed by atoms with E-state index in [1.54, 1.807) is 18.2 Å². The highest BCUT2D eigenvalue weighted by atomic mass is 32.2. The normalized spacial score (nSPS) is 20.5. The van der Waals surface area contributed by atoms with Crippen molar-refractivity contribution in [1.29, 1.82) is 0 Å². The predicted molar refractivity (Wildman–Crippen MR) is 78.1 cm³/mol. The Morgan fingerprint density at radius 1 is 1.20 bits per heavy atom. The lowest BCUT2D eigenvalue weighted by molar-refractivity contribution is -0.122. The van der Waals surface area contributed by atoms with Gasteiger partial charge in [0.15, 0.2) is 0 Å². The molecule has 1 heterocycles. The second-order valence-electron chi connectivity index (χ2n) is 5.26. The molecular weight excluding hydrogens is 278 g/mol. The van der Waals surface area contributed by atoms with E-state index in [1.165, 1.54) is 22.7 Å². The Bertz CT molecular complexity index is 667. The number of hydrogen-bond acceptors (Lipinski definition) is 3. The highest BCUT2D eigenvalue weighted by Crippen LogP contribution is 2.40. The zero-order valence-electron chi connectivity index (χ0n) is 11.5. The maximum Gasteiger partial charge on any atom is 0.326 e. The maximum absolute atomic E-state index is 12.0. The highest BCUT2D eigenvalue weighted by Gasteiger charge is 2.35. The van der Waals surface area contributed by atoms with Crippen molar-refractivity contribution in [3.63, 3.8) is 0 Å². The van der Waals surface area contributed by atoms with Crippen LogP contribution in [0.2, 0.25) is 0 Å². The van der Waals surface area contributed by atoms with Crippen molar-refractivity contribution >= 4 is 33.2 Å². The lowest BCUT2D eigenvalue weighted by Gasteiger charge is -2.24. The summed E-state index contributed by atoms with van der Waals surface area (Å²) in [4.78, 5) is 11.9. The smallest absolute Gasteiger partial charge is 0.326 e. The third-order valence-corrected chi connectivity index (χ3v) is 5.87. The molecule has 1 aromatic rings. The van der Waals surface area contributed by atoms with Crippen molar-refractivity contribution in [3.05, 3.63) is 18.2 Å². The van der Waals surface area contributed by atoms with Crippen LogP contribution in [-0.2, 0) is 15.0 Å². The average molecular weight is 295 g/mol. The van der Waals surface area contributed by atoms with Gasteiger partial charge in [0.25, 0.3) is 0 Å². The molecule has 108 valence electrons. The number of fused-ring (bicyclic) bond motifs is 1. The summed E-state index contributed by atoms with van der Waals surface area (Å²) in [6, 6.07) is 5.15. The Hall–Kier alpha value is -1.76. The number of hydrogen-bond donors (Lipinski definition) is 1. The third kappa shape index (κ3) is 1.84. The first kappa shape index (κ1) is 13.2. The Labute approximate surface area is 118 Å². The summed E-state index contributed by atoms with van der Waals surface area (Å²) in [6.45, 7) is 0. The second-order valence-corrected chi connectivity index (χ2v) is 7.25. The van der Waals surface area contributed by atoms with Crippen LogP contribution >= 0.6 is 0 Å². The van der Waals surface area contributed by atoms with Gasteiger partial charge in [-0.25, -0.2) is 0 Å². The molecule has 0 saturated heterocycles. The number of amides is 1. The van der Waals surface area contributed by atoms with Crippen molar-refractivity contribution in [3.8, 4) is 0 Å². The van der Waals surface area contributed by atoms with E-state index in [9.17, 15) is 13.2 Å². The topological polar surface area (TPSA) is 69.7 Å². The quantitative estimate of drug-likeness (QED) is 0.900. The fourth-order valence-electron chi connectivity index (χ4n) is 2.47. The van der Waals surface area contributed by atoms with Crippen LogP contribution in [0.1, 0.15) is 19.3 Å². The van der Waals surface area contributed by atoms with E-state index in [2.05, 4.69) is 5.32 Å². The molecule has 3 rings (SSSR count). The molecule has 0 unspecified atom stereocenters. The SMILES string of the molecule is CN1c2ccc(NC(=O)C3CCC3)cc2N(C)S1(=O)=O. The standard InChI is InChI=1S/C13H17N3O3S/c1-15-11-7-6-10(14-13(17)9-4-3-5-9)8-12(11)16(2)20(15,18)19/h6-9H,3-5H2,1-2H3,(H,14,17). The van der Waals surface area contributed by atoms with Gasteiger partial charge in [0, 0.05) is 25.7 Å². The minimum absolute atomic E-state index is 0.0214. The van der Waals surface area contributed by atoms with Crippen LogP contribution in [0.15, 0.2) is 18.2 Å². The van der Waals surface area contributed by atoms with Crippen LogP contribution in [0.5, 0.6) is 0 Å². The zero-order valence-corrected chi connectivity index (χ0v) is 12.3. The van der Waals surface area contributed by atoms with Gasteiger partial charge in [0.1, 0.15) is 0 Å². The van der Waals surface area contributed by atoms with Gasteiger partial charge in [-0.05, 0) is 31.0 Å². The van der Waals surface area contributed by atoms with Crippen molar-refractivity contribution in [2.24, 2.45) is 5.92 Å². The Balaban J connectivity index is 1.87. The van der Waals surface area contributed by atoms with Crippen LogP contribution < -0.4 is 13.9 Å². The molecule has 1 fully saturated rings. The molecule has 0 spiro atoms. The van der Waals surface area contributed by atoms with Crippen molar-refractivity contribution in [1.82, 2.24) is 0 Å². The van der Waals surface area contributed by atoms with Crippen LogP contribution in [0.25, 0.3) is 0 Å². The fourth-order valence-corrected chi connectivity index (χ4v) is 3.63. The monoisotopic (exact) mass is 295 g/mol. The molecule has 2 aliphatic rings. The maximum atomic E-state index is 12.0. The van der Waals surface area contributed by atoms with E-state index in [1.807, 2.05) is 0 Å². The van der Waals surface area contributed by atoms with Crippen LogP contribution in [0.4, 0.5) is 17.1 Å². The second kappa shape index (κ2) is 4.37. The van der Waals surface area contributed by atoms with E-state index in [0.29, 0.717) is 17.1 Å². The number of nitrogens with one attached hydrogen (secondary N) is 1. The largest absolute Gasteiger partial charge is 0.326 e. The minimum Gasteiger partial charge on any atom is -0.326 e. The van der Waals surface area contributed by atoms with Gasteiger partial charge in [-0.2, -0.15) is 8.42 Å². The predicted octanol–water partition coefficient (Wildman–Crippen LogP) is 1.56. The molecule has 7 heteroatoms. The molecule has 1 aromatic carbocycles. The molecule has 1 N–H and O–H groups in total. The molecule has 0 radical (unpaired) electrons. The summed E-state index contributed by atoms with van der Waals surface area (Å²) in [6.07, 6.45) is 2.98. The van der Waals surface area contributed by atoms with Gasteiger partial charge < -0.3 is 5.32 Å². The zero-order chi connectivity index (χ0) is 14.5. The van der Waals surface area contributed by atoms with Gasteiger partial charge in [0.05, 0.1) is 11.4 Å². The van der Waals surface area contributed by atoms with Gasteiger partial charge in [-0.1, -0.05) is 6.42 Å². The fraction of sp³-hybridized carbons (Fsp3) is 0.462. The van der Waals surface area contributed by atoms with Gasteiger partial charge >= 0.3 is 10.2 Å². The summed E-state index contributed by atoms with van der Waals surface area (Å²) in [5.41, 5.74) is 1.84. The summed E-state index contributed by atoms with van der Waals surface area (Å²) in [5, 5.41) is 2.86.